The first kappa shape index (κ1) is 17.0. The van der Waals surface area contributed by atoms with Gasteiger partial charge in [-0.3, -0.25) is 9.89 Å². The number of carbonyl (C=O) groups excluding carboxylic acids is 1. The van der Waals surface area contributed by atoms with Gasteiger partial charge >= 0.3 is 0 Å². The number of benzene rings is 2. The molecule has 1 aromatic heterocycles. The molecule has 2 aromatic carbocycles. The molecule has 0 aliphatic heterocycles. The maximum atomic E-state index is 13.7. The van der Waals surface area contributed by atoms with Crippen molar-refractivity contribution in [1.82, 2.24) is 15.2 Å². The Hall–Kier alpha value is -1.89. The number of H-pyrrole nitrogens is 1. The van der Waals surface area contributed by atoms with Crippen LogP contribution in [-0.4, -0.2) is 26.7 Å². The molecule has 3 rings (SSSR count). The highest BCUT2D eigenvalue weighted by atomic mass is 35.5. The highest BCUT2D eigenvalue weighted by Crippen LogP contribution is 2.25. The molecule has 0 atom stereocenters. The average Bonchev–Trinajstić information content (AvgIpc) is 3.04. The van der Waals surface area contributed by atoms with Gasteiger partial charge in [-0.25, -0.2) is 9.37 Å². The summed E-state index contributed by atoms with van der Waals surface area (Å²) in [4.78, 5) is 16.4. The van der Waals surface area contributed by atoms with Gasteiger partial charge in [0.25, 0.3) is 0 Å². The molecule has 0 fully saturated rings. The molecule has 122 valence electrons. The van der Waals surface area contributed by atoms with Crippen LogP contribution in [0.25, 0.3) is 11.4 Å². The SMILES string of the molecule is O=C(CSc1n[nH]c(-c2ccccc2F)n1)c1ccc(Cl)c(Cl)c1. The smallest absolute Gasteiger partial charge is 0.209 e. The third-order valence-electron chi connectivity index (χ3n) is 3.17. The molecule has 8 heteroatoms. The summed E-state index contributed by atoms with van der Waals surface area (Å²) in [6.07, 6.45) is 0. The second-order valence-electron chi connectivity index (χ2n) is 4.79. The van der Waals surface area contributed by atoms with Gasteiger partial charge < -0.3 is 0 Å². The fraction of sp³-hybridized carbons (Fsp3) is 0.0625. The van der Waals surface area contributed by atoms with Crippen molar-refractivity contribution in [2.75, 3.05) is 5.75 Å². The largest absolute Gasteiger partial charge is 0.293 e. The number of aromatic nitrogens is 3. The normalized spacial score (nSPS) is 10.8. The molecule has 24 heavy (non-hydrogen) atoms. The summed E-state index contributed by atoms with van der Waals surface area (Å²) in [7, 11) is 0. The molecule has 0 bridgehead atoms. The number of rotatable bonds is 5. The quantitative estimate of drug-likeness (QED) is 0.504. The Labute approximate surface area is 151 Å². The maximum Gasteiger partial charge on any atom is 0.209 e. The number of hydrogen-bond donors (Lipinski definition) is 1. The Morgan fingerprint density at radius 3 is 2.71 bits per heavy atom. The number of nitrogens with zero attached hydrogens (tertiary/aromatic N) is 2. The molecule has 1 N–H and O–H groups in total. The minimum Gasteiger partial charge on any atom is -0.293 e. The second-order valence-corrected chi connectivity index (χ2v) is 6.54. The summed E-state index contributed by atoms with van der Waals surface area (Å²) < 4.78 is 13.7. The molecule has 0 saturated carbocycles. The van der Waals surface area contributed by atoms with Crippen LogP contribution in [0, 0.1) is 5.82 Å². The first-order chi connectivity index (χ1) is 11.5. The van der Waals surface area contributed by atoms with Gasteiger partial charge in [-0.1, -0.05) is 47.1 Å². The van der Waals surface area contributed by atoms with Crippen molar-refractivity contribution < 1.29 is 9.18 Å². The standard InChI is InChI=1S/C16H10Cl2FN3OS/c17-11-6-5-9(7-12(11)18)14(23)8-24-16-20-15(21-22-16)10-3-1-2-4-13(10)19/h1-7H,8H2,(H,20,21,22). The lowest BCUT2D eigenvalue weighted by atomic mass is 10.1. The zero-order valence-corrected chi connectivity index (χ0v) is 14.4. The molecule has 0 saturated heterocycles. The van der Waals surface area contributed by atoms with Gasteiger partial charge in [0.2, 0.25) is 5.16 Å². The number of halogens is 3. The van der Waals surface area contributed by atoms with Crippen LogP contribution in [0.2, 0.25) is 10.0 Å². The van der Waals surface area contributed by atoms with E-state index in [2.05, 4.69) is 15.2 Å². The molecule has 0 aliphatic rings. The van der Waals surface area contributed by atoms with E-state index >= 15 is 0 Å². The lowest BCUT2D eigenvalue weighted by Gasteiger charge is -2.01. The van der Waals surface area contributed by atoms with Crippen molar-refractivity contribution in [2.45, 2.75) is 5.16 Å². The Morgan fingerprint density at radius 2 is 1.96 bits per heavy atom. The van der Waals surface area contributed by atoms with E-state index in [0.29, 0.717) is 32.2 Å². The van der Waals surface area contributed by atoms with Gasteiger partial charge in [0.15, 0.2) is 11.6 Å². The van der Waals surface area contributed by atoms with Crippen LogP contribution in [0.4, 0.5) is 4.39 Å². The van der Waals surface area contributed by atoms with Gasteiger partial charge in [-0.2, -0.15) is 0 Å². The zero-order chi connectivity index (χ0) is 17.1. The van der Waals surface area contributed by atoms with E-state index in [1.165, 1.54) is 12.1 Å². The monoisotopic (exact) mass is 381 g/mol. The predicted molar refractivity (Wildman–Crippen MR) is 93.3 cm³/mol. The molecule has 3 aromatic rings. The van der Waals surface area contributed by atoms with Gasteiger partial charge in [-0.05, 0) is 30.3 Å². The van der Waals surface area contributed by atoms with Crippen molar-refractivity contribution in [3.05, 3.63) is 63.9 Å². The number of hydrogen-bond acceptors (Lipinski definition) is 4. The Morgan fingerprint density at radius 1 is 1.17 bits per heavy atom. The van der Waals surface area contributed by atoms with Crippen molar-refractivity contribution in [2.24, 2.45) is 0 Å². The summed E-state index contributed by atoms with van der Waals surface area (Å²) in [5, 5.41) is 7.74. The van der Waals surface area contributed by atoms with Crippen LogP contribution < -0.4 is 0 Å². The molecule has 0 amide bonds. The van der Waals surface area contributed by atoms with Gasteiger partial charge in [0.05, 0.1) is 21.4 Å². The van der Waals surface area contributed by atoms with Crippen molar-refractivity contribution >= 4 is 40.7 Å². The highest BCUT2D eigenvalue weighted by molar-refractivity contribution is 7.99. The summed E-state index contributed by atoms with van der Waals surface area (Å²) in [6, 6.07) is 11.0. The second kappa shape index (κ2) is 7.34. The average molecular weight is 382 g/mol. The first-order valence-electron chi connectivity index (χ1n) is 6.83. The number of Topliss-reactive ketones (excluding diaryl/α,β-unsaturated/α-hetero) is 1. The van der Waals surface area contributed by atoms with E-state index in [4.69, 9.17) is 23.2 Å². The van der Waals surface area contributed by atoms with Crippen LogP contribution >= 0.6 is 35.0 Å². The molecule has 0 aliphatic carbocycles. The van der Waals surface area contributed by atoms with E-state index < -0.39 is 5.82 Å². The number of nitrogens with one attached hydrogen (secondary N) is 1. The van der Waals surface area contributed by atoms with Gasteiger partial charge in [0.1, 0.15) is 5.82 Å². The van der Waals surface area contributed by atoms with Crippen molar-refractivity contribution in [3.8, 4) is 11.4 Å². The predicted octanol–water partition coefficient (Wildman–Crippen LogP) is 4.89. The number of carbonyl (C=O) groups is 1. The lowest BCUT2D eigenvalue weighted by molar-refractivity contribution is 0.102. The fourth-order valence-electron chi connectivity index (χ4n) is 1.97. The minimum atomic E-state index is -0.392. The van der Waals surface area contributed by atoms with Crippen molar-refractivity contribution in [1.29, 1.82) is 0 Å². The van der Waals surface area contributed by atoms with Crippen LogP contribution in [-0.2, 0) is 0 Å². The molecule has 1 heterocycles. The van der Waals surface area contributed by atoms with Gasteiger partial charge in [0, 0.05) is 5.56 Å². The van der Waals surface area contributed by atoms with E-state index in [1.807, 2.05) is 0 Å². The third-order valence-corrected chi connectivity index (χ3v) is 4.75. The lowest BCUT2D eigenvalue weighted by Crippen LogP contribution is -2.02. The molecule has 0 radical (unpaired) electrons. The highest BCUT2D eigenvalue weighted by Gasteiger charge is 2.13. The molecular weight excluding hydrogens is 372 g/mol. The first-order valence-corrected chi connectivity index (χ1v) is 8.57. The summed E-state index contributed by atoms with van der Waals surface area (Å²) in [6.45, 7) is 0. The molecular formula is C16H10Cl2FN3OS. The van der Waals surface area contributed by atoms with Crippen LogP contribution in [0.1, 0.15) is 10.4 Å². The Kier molecular flexibility index (Phi) is 5.18. The number of ketones is 1. The zero-order valence-electron chi connectivity index (χ0n) is 12.1. The topological polar surface area (TPSA) is 58.6 Å². The fourth-order valence-corrected chi connectivity index (χ4v) is 2.96. The van der Waals surface area contributed by atoms with E-state index in [-0.39, 0.29) is 11.5 Å². The Balaban J connectivity index is 1.68. The Bertz CT molecular complexity index is 901. The van der Waals surface area contributed by atoms with Crippen LogP contribution in [0.3, 0.4) is 0 Å². The maximum absolute atomic E-state index is 13.7. The summed E-state index contributed by atoms with van der Waals surface area (Å²) >= 11 is 12.9. The van der Waals surface area contributed by atoms with Crippen LogP contribution in [0.5, 0.6) is 0 Å². The summed E-state index contributed by atoms with van der Waals surface area (Å²) in [5.74, 6) is -0.0718. The number of aromatic amines is 1. The van der Waals surface area contributed by atoms with Crippen LogP contribution in [0.15, 0.2) is 47.6 Å². The molecule has 0 spiro atoms. The molecule has 0 unspecified atom stereocenters. The summed E-state index contributed by atoms with van der Waals surface area (Å²) in [5.41, 5.74) is 0.787. The van der Waals surface area contributed by atoms with Crippen molar-refractivity contribution in [3.63, 3.8) is 0 Å². The molecule has 4 nitrogen and oxygen atoms in total. The van der Waals surface area contributed by atoms with E-state index in [9.17, 15) is 9.18 Å². The number of thioether (sulfide) groups is 1. The van der Waals surface area contributed by atoms with E-state index in [1.54, 1.807) is 30.3 Å². The minimum absolute atomic E-state index is 0.129. The van der Waals surface area contributed by atoms with Gasteiger partial charge in [-0.15, -0.1) is 5.10 Å². The third kappa shape index (κ3) is 3.77. The van der Waals surface area contributed by atoms with E-state index in [0.717, 1.165) is 11.8 Å².